The molecule has 0 radical (unpaired) electrons. The largest absolute Gasteiger partial charge is 0.497 e. The SMILES string of the molecule is C=C(C)C(=O)Cc1ccc(OC)cc1. The maximum absolute atomic E-state index is 11.3. The summed E-state index contributed by atoms with van der Waals surface area (Å²) in [7, 11) is 1.62. The van der Waals surface area contributed by atoms with E-state index in [1.165, 1.54) is 0 Å². The first-order valence-electron chi connectivity index (χ1n) is 4.45. The summed E-state index contributed by atoms with van der Waals surface area (Å²) in [5.41, 5.74) is 1.58. The third-order valence-corrected chi connectivity index (χ3v) is 2.00. The highest BCUT2D eigenvalue weighted by molar-refractivity contribution is 5.95. The van der Waals surface area contributed by atoms with E-state index in [2.05, 4.69) is 6.58 Å². The van der Waals surface area contributed by atoms with E-state index >= 15 is 0 Å². The Hall–Kier alpha value is -1.57. The van der Waals surface area contributed by atoms with Gasteiger partial charge >= 0.3 is 0 Å². The van der Waals surface area contributed by atoms with Gasteiger partial charge in [-0.25, -0.2) is 0 Å². The van der Waals surface area contributed by atoms with Crippen molar-refractivity contribution in [3.05, 3.63) is 42.0 Å². The molecule has 0 unspecified atom stereocenters. The molecule has 0 saturated carbocycles. The lowest BCUT2D eigenvalue weighted by molar-refractivity contribution is -0.114. The molecule has 0 amide bonds. The molecule has 0 N–H and O–H groups in total. The van der Waals surface area contributed by atoms with E-state index < -0.39 is 0 Å². The van der Waals surface area contributed by atoms with Gasteiger partial charge in [0.1, 0.15) is 5.75 Å². The molecule has 1 aromatic carbocycles. The Bertz CT molecular complexity index is 336. The smallest absolute Gasteiger partial charge is 0.162 e. The molecule has 2 heteroatoms. The maximum atomic E-state index is 11.3. The Labute approximate surface area is 84.2 Å². The van der Waals surface area contributed by atoms with Crippen LogP contribution in [0.2, 0.25) is 0 Å². The summed E-state index contributed by atoms with van der Waals surface area (Å²) >= 11 is 0. The Morgan fingerprint density at radius 2 is 1.93 bits per heavy atom. The average Bonchev–Trinajstić information content (AvgIpc) is 2.19. The number of carbonyl (C=O) groups is 1. The Kier molecular flexibility index (Phi) is 3.46. The molecule has 14 heavy (non-hydrogen) atoms. The lowest BCUT2D eigenvalue weighted by Crippen LogP contribution is -2.02. The number of hydrogen-bond donors (Lipinski definition) is 0. The van der Waals surface area contributed by atoms with Gasteiger partial charge in [0.15, 0.2) is 5.78 Å². The van der Waals surface area contributed by atoms with Gasteiger partial charge in [-0.1, -0.05) is 18.7 Å². The van der Waals surface area contributed by atoms with E-state index in [0.29, 0.717) is 12.0 Å². The van der Waals surface area contributed by atoms with Gasteiger partial charge in [-0.2, -0.15) is 0 Å². The molecule has 2 nitrogen and oxygen atoms in total. The zero-order valence-corrected chi connectivity index (χ0v) is 8.54. The summed E-state index contributed by atoms with van der Waals surface area (Å²) in [6.07, 6.45) is 0.416. The highest BCUT2D eigenvalue weighted by Crippen LogP contribution is 2.12. The van der Waals surface area contributed by atoms with Crippen molar-refractivity contribution in [2.45, 2.75) is 13.3 Å². The van der Waals surface area contributed by atoms with Gasteiger partial charge in [-0.15, -0.1) is 0 Å². The van der Waals surface area contributed by atoms with Crippen LogP contribution in [0.1, 0.15) is 12.5 Å². The van der Waals surface area contributed by atoms with Crippen LogP contribution in [0.4, 0.5) is 0 Å². The van der Waals surface area contributed by atoms with Gasteiger partial charge in [-0.3, -0.25) is 4.79 Å². The van der Waals surface area contributed by atoms with Gasteiger partial charge < -0.3 is 4.74 Å². The van der Waals surface area contributed by atoms with Crippen LogP contribution in [0.3, 0.4) is 0 Å². The first-order chi connectivity index (χ1) is 6.63. The lowest BCUT2D eigenvalue weighted by atomic mass is 10.1. The fourth-order valence-electron chi connectivity index (χ4n) is 1.08. The maximum Gasteiger partial charge on any atom is 0.162 e. The zero-order chi connectivity index (χ0) is 10.6. The molecule has 1 rings (SSSR count). The van der Waals surface area contributed by atoms with Gasteiger partial charge in [0, 0.05) is 6.42 Å². The molecule has 0 fully saturated rings. The van der Waals surface area contributed by atoms with Gasteiger partial charge in [0.2, 0.25) is 0 Å². The summed E-state index contributed by atoms with van der Waals surface area (Å²) in [5.74, 6) is 0.881. The number of hydrogen-bond acceptors (Lipinski definition) is 2. The Morgan fingerprint density at radius 1 is 1.36 bits per heavy atom. The normalized spacial score (nSPS) is 9.57. The van der Waals surface area contributed by atoms with Crippen molar-refractivity contribution in [2.24, 2.45) is 0 Å². The summed E-state index contributed by atoms with van der Waals surface area (Å²) < 4.78 is 5.02. The number of rotatable bonds is 4. The van der Waals surface area contributed by atoms with Gasteiger partial charge in [-0.05, 0) is 30.2 Å². The van der Waals surface area contributed by atoms with Crippen LogP contribution >= 0.6 is 0 Å². The molecule has 0 spiro atoms. The summed E-state index contributed by atoms with van der Waals surface area (Å²) in [6.45, 7) is 5.34. The molecule has 0 atom stereocenters. The van der Waals surface area contributed by atoms with Crippen molar-refractivity contribution in [2.75, 3.05) is 7.11 Å². The third-order valence-electron chi connectivity index (χ3n) is 2.00. The molecular formula is C12H14O2. The van der Waals surface area contributed by atoms with E-state index in [0.717, 1.165) is 11.3 Å². The average molecular weight is 190 g/mol. The van der Waals surface area contributed by atoms with Crippen LogP contribution in [0.15, 0.2) is 36.4 Å². The number of methoxy groups -OCH3 is 1. The zero-order valence-electron chi connectivity index (χ0n) is 8.54. The fourth-order valence-corrected chi connectivity index (χ4v) is 1.08. The standard InChI is InChI=1S/C12H14O2/c1-9(2)12(13)8-10-4-6-11(14-3)7-5-10/h4-7H,1,8H2,2-3H3. The van der Waals surface area contributed by atoms with Crippen molar-refractivity contribution in [1.29, 1.82) is 0 Å². The molecular weight excluding hydrogens is 176 g/mol. The van der Waals surface area contributed by atoms with Crippen molar-refractivity contribution in [1.82, 2.24) is 0 Å². The monoisotopic (exact) mass is 190 g/mol. The van der Waals surface area contributed by atoms with Gasteiger partial charge in [0.05, 0.1) is 7.11 Å². The number of allylic oxidation sites excluding steroid dienone is 1. The minimum absolute atomic E-state index is 0.0789. The number of ketones is 1. The molecule has 0 aromatic heterocycles. The van der Waals surface area contributed by atoms with Crippen molar-refractivity contribution in [3.8, 4) is 5.75 Å². The second kappa shape index (κ2) is 4.61. The second-order valence-corrected chi connectivity index (χ2v) is 3.23. The van der Waals surface area contributed by atoms with Crippen LogP contribution in [0.25, 0.3) is 0 Å². The van der Waals surface area contributed by atoms with Crippen LogP contribution in [-0.2, 0) is 11.2 Å². The lowest BCUT2D eigenvalue weighted by Gasteiger charge is -2.02. The summed E-state index contributed by atoms with van der Waals surface area (Å²) in [6, 6.07) is 7.47. The number of Topliss-reactive ketones (excluding diaryl/α,β-unsaturated/α-hetero) is 1. The topological polar surface area (TPSA) is 26.3 Å². The molecule has 0 aliphatic rings. The fraction of sp³-hybridized carbons (Fsp3) is 0.250. The van der Waals surface area contributed by atoms with Gasteiger partial charge in [0.25, 0.3) is 0 Å². The third kappa shape index (κ3) is 2.73. The first-order valence-corrected chi connectivity index (χ1v) is 4.45. The van der Waals surface area contributed by atoms with Crippen molar-refractivity contribution < 1.29 is 9.53 Å². The van der Waals surface area contributed by atoms with Crippen LogP contribution < -0.4 is 4.74 Å². The van der Waals surface area contributed by atoms with Crippen molar-refractivity contribution >= 4 is 5.78 Å². The van der Waals surface area contributed by atoms with E-state index in [4.69, 9.17) is 4.74 Å². The van der Waals surface area contributed by atoms with Crippen molar-refractivity contribution in [3.63, 3.8) is 0 Å². The summed E-state index contributed by atoms with van der Waals surface area (Å²) in [5, 5.41) is 0. The molecule has 0 aliphatic carbocycles. The molecule has 1 aromatic rings. The minimum atomic E-state index is 0.0789. The molecule has 0 saturated heterocycles. The minimum Gasteiger partial charge on any atom is -0.497 e. The predicted molar refractivity (Wildman–Crippen MR) is 56.5 cm³/mol. The first kappa shape index (κ1) is 10.5. The summed E-state index contributed by atoms with van der Waals surface area (Å²) in [4.78, 5) is 11.3. The highest BCUT2D eigenvalue weighted by atomic mass is 16.5. The number of carbonyl (C=O) groups excluding carboxylic acids is 1. The van der Waals surface area contributed by atoms with E-state index in [1.54, 1.807) is 14.0 Å². The van der Waals surface area contributed by atoms with Crippen LogP contribution in [0, 0.1) is 0 Å². The Balaban J connectivity index is 2.69. The number of ether oxygens (including phenoxy) is 1. The molecule has 0 bridgehead atoms. The van der Waals surface area contributed by atoms with E-state index in [1.807, 2.05) is 24.3 Å². The molecule has 0 heterocycles. The quantitative estimate of drug-likeness (QED) is 0.681. The van der Waals surface area contributed by atoms with E-state index in [9.17, 15) is 4.79 Å². The highest BCUT2D eigenvalue weighted by Gasteiger charge is 2.03. The molecule has 0 aliphatic heterocycles. The number of benzene rings is 1. The van der Waals surface area contributed by atoms with Crippen LogP contribution in [-0.4, -0.2) is 12.9 Å². The molecule has 74 valence electrons. The Morgan fingerprint density at radius 3 is 2.36 bits per heavy atom. The predicted octanol–water partition coefficient (Wildman–Crippen LogP) is 2.38. The second-order valence-electron chi connectivity index (χ2n) is 3.23. The van der Waals surface area contributed by atoms with E-state index in [-0.39, 0.29) is 5.78 Å². The van der Waals surface area contributed by atoms with Crippen LogP contribution in [0.5, 0.6) is 5.75 Å².